The zero-order valence-electron chi connectivity index (χ0n) is 8.01. The first-order valence-corrected chi connectivity index (χ1v) is 6.12. The summed E-state index contributed by atoms with van der Waals surface area (Å²) in [5.41, 5.74) is 0.526. The second kappa shape index (κ2) is 3.47. The Hall–Kier alpha value is -1.69. The number of fused-ring (bicyclic) bond motifs is 1. The number of aromatic nitrogens is 2. The van der Waals surface area contributed by atoms with Gasteiger partial charge in [0.1, 0.15) is 0 Å². The van der Waals surface area contributed by atoms with E-state index in [4.69, 9.17) is 0 Å². The Morgan fingerprint density at radius 1 is 1.13 bits per heavy atom. The zero-order chi connectivity index (χ0) is 10.9. The smallest absolute Gasteiger partial charge is 0.229 e. The van der Waals surface area contributed by atoms with Crippen molar-refractivity contribution in [2.45, 2.75) is 0 Å². The van der Waals surface area contributed by atoms with Crippen molar-refractivity contribution in [1.29, 1.82) is 0 Å². The third-order valence-electron chi connectivity index (χ3n) is 1.85. The quantitative estimate of drug-likeness (QED) is 0.824. The van der Waals surface area contributed by atoms with Gasteiger partial charge in [-0.25, -0.2) is 8.42 Å². The zero-order valence-corrected chi connectivity index (χ0v) is 8.82. The summed E-state index contributed by atoms with van der Waals surface area (Å²) in [7, 11) is -3.23. The molecule has 0 bridgehead atoms. The highest BCUT2D eigenvalue weighted by molar-refractivity contribution is 7.92. The fourth-order valence-electron chi connectivity index (χ4n) is 1.27. The molecule has 1 aromatic heterocycles. The van der Waals surface area contributed by atoms with E-state index >= 15 is 0 Å². The molecule has 1 aromatic carbocycles. The van der Waals surface area contributed by atoms with Crippen LogP contribution in [0.1, 0.15) is 0 Å². The molecule has 6 heteroatoms. The van der Waals surface area contributed by atoms with Gasteiger partial charge in [0, 0.05) is 16.5 Å². The van der Waals surface area contributed by atoms with Gasteiger partial charge in [0.15, 0.2) is 0 Å². The first-order chi connectivity index (χ1) is 7.04. The van der Waals surface area contributed by atoms with Gasteiger partial charge >= 0.3 is 0 Å². The molecule has 0 unspecified atom stereocenters. The van der Waals surface area contributed by atoms with Crippen LogP contribution >= 0.6 is 0 Å². The summed E-state index contributed by atoms with van der Waals surface area (Å²) in [6.07, 6.45) is 4.32. The molecular weight excluding hydrogens is 214 g/mol. The minimum atomic E-state index is -3.23. The predicted molar refractivity (Wildman–Crippen MR) is 58.0 cm³/mol. The van der Waals surface area contributed by atoms with Crippen LogP contribution in [-0.4, -0.2) is 24.9 Å². The van der Waals surface area contributed by atoms with E-state index in [9.17, 15) is 8.42 Å². The number of hydrogen-bond donors (Lipinski definition) is 1. The van der Waals surface area contributed by atoms with E-state index in [2.05, 4.69) is 14.9 Å². The van der Waals surface area contributed by atoms with Gasteiger partial charge in [-0.1, -0.05) is 6.07 Å². The Balaban J connectivity index is 2.48. The number of nitrogens with zero attached hydrogens (tertiary/aromatic N) is 2. The fraction of sp³-hybridized carbons (Fsp3) is 0.111. The maximum atomic E-state index is 11.0. The van der Waals surface area contributed by atoms with E-state index in [1.807, 2.05) is 0 Å². The van der Waals surface area contributed by atoms with Crippen molar-refractivity contribution in [3.05, 3.63) is 30.6 Å². The van der Waals surface area contributed by atoms with Crippen molar-refractivity contribution in [3.63, 3.8) is 0 Å². The van der Waals surface area contributed by atoms with E-state index in [-0.39, 0.29) is 0 Å². The van der Waals surface area contributed by atoms with E-state index < -0.39 is 10.0 Å². The number of hydrogen-bond acceptors (Lipinski definition) is 4. The van der Waals surface area contributed by atoms with Crippen molar-refractivity contribution < 1.29 is 8.42 Å². The van der Waals surface area contributed by atoms with Gasteiger partial charge in [0.2, 0.25) is 10.0 Å². The third-order valence-corrected chi connectivity index (χ3v) is 2.46. The molecule has 2 aromatic rings. The van der Waals surface area contributed by atoms with Crippen LogP contribution < -0.4 is 4.72 Å². The first kappa shape index (κ1) is 9.85. The fourth-order valence-corrected chi connectivity index (χ4v) is 1.83. The summed E-state index contributed by atoms with van der Waals surface area (Å²) >= 11 is 0. The highest BCUT2D eigenvalue weighted by atomic mass is 32.2. The second-order valence-corrected chi connectivity index (χ2v) is 4.96. The number of benzene rings is 1. The SMILES string of the molecule is CS(=O)(=O)Nc1ccc2cnncc2c1. The van der Waals surface area contributed by atoms with Crippen molar-refractivity contribution in [2.24, 2.45) is 0 Å². The summed E-state index contributed by atoms with van der Waals surface area (Å²) < 4.78 is 24.4. The number of sulfonamides is 1. The molecule has 0 radical (unpaired) electrons. The highest BCUT2D eigenvalue weighted by Gasteiger charge is 2.02. The molecule has 0 saturated heterocycles. The Bertz CT molecular complexity index is 595. The van der Waals surface area contributed by atoms with Gasteiger partial charge in [-0.15, -0.1) is 0 Å². The molecule has 0 amide bonds. The molecule has 78 valence electrons. The maximum Gasteiger partial charge on any atom is 0.229 e. The molecular formula is C9H9N3O2S. The van der Waals surface area contributed by atoms with Crippen LogP contribution in [0.3, 0.4) is 0 Å². The molecule has 1 heterocycles. The Morgan fingerprint density at radius 3 is 2.47 bits per heavy atom. The van der Waals surface area contributed by atoms with Gasteiger partial charge in [-0.05, 0) is 12.1 Å². The van der Waals surface area contributed by atoms with Crippen molar-refractivity contribution in [3.8, 4) is 0 Å². The first-order valence-electron chi connectivity index (χ1n) is 4.23. The summed E-state index contributed by atoms with van der Waals surface area (Å²) in [6.45, 7) is 0. The van der Waals surface area contributed by atoms with Crippen LogP contribution in [-0.2, 0) is 10.0 Å². The average Bonchev–Trinajstić information content (AvgIpc) is 2.15. The summed E-state index contributed by atoms with van der Waals surface area (Å²) in [4.78, 5) is 0. The average molecular weight is 223 g/mol. The van der Waals surface area contributed by atoms with Gasteiger partial charge in [-0.3, -0.25) is 4.72 Å². The molecule has 1 N–H and O–H groups in total. The van der Waals surface area contributed by atoms with E-state index in [0.717, 1.165) is 17.0 Å². The van der Waals surface area contributed by atoms with E-state index in [0.29, 0.717) is 5.69 Å². The van der Waals surface area contributed by atoms with Gasteiger partial charge < -0.3 is 0 Å². The lowest BCUT2D eigenvalue weighted by Crippen LogP contribution is -2.09. The molecule has 0 saturated carbocycles. The van der Waals surface area contributed by atoms with Crippen LogP contribution in [0.2, 0.25) is 0 Å². The number of rotatable bonds is 2. The van der Waals surface area contributed by atoms with Gasteiger partial charge in [0.25, 0.3) is 0 Å². The lowest BCUT2D eigenvalue weighted by molar-refractivity contribution is 0.607. The van der Waals surface area contributed by atoms with E-state index in [1.54, 1.807) is 30.6 Å². The molecule has 0 aliphatic heterocycles. The molecule has 0 aliphatic carbocycles. The largest absolute Gasteiger partial charge is 0.284 e. The van der Waals surface area contributed by atoms with Gasteiger partial charge in [-0.2, -0.15) is 10.2 Å². The summed E-state index contributed by atoms with van der Waals surface area (Å²) in [6, 6.07) is 5.19. The minimum absolute atomic E-state index is 0.526. The minimum Gasteiger partial charge on any atom is -0.284 e. The lowest BCUT2D eigenvalue weighted by atomic mass is 10.2. The molecule has 0 fully saturated rings. The van der Waals surface area contributed by atoms with Crippen LogP contribution in [0.5, 0.6) is 0 Å². The maximum absolute atomic E-state index is 11.0. The van der Waals surface area contributed by atoms with Crippen molar-refractivity contribution >= 4 is 26.5 Å². The molecule has 15 heavy (non-hydrogen) atoms. The van der Waals surface area contributed by atoms with Crippen LogP contribution in [0.25, 0.3) is 10.8 Å². The van der Waals surface area contributed by atoms with Crippen molar-refractivity contribution in [1.82, 2.24) is 10.2 Å². The summed E-state index contributed by atoms with van der Waals surface area (Å²) in [5, 5.41) is 9.22. The molecule has 0 aliphatic rings. The second-order valence-electron chi connectivity index (χ2n) is 3.21. The van der Waals surface area contributed by atoms with Crippen LogP contribution in [0.15, 0.2) is 30.6 Å². The van der Waals surface area contributed by atoms with Gasteiger partial charge in [0.05, 0.1) is 18.6 Å². The normalized spacial score (nSPS) is 11.5. The standard InChI is InChI=1S/C9H9N3O2S/c1-15(13,14)12-9-3-2-7-5-10-11-6-8(7)4-9/h2-6,12H,1H3. The topological polar surface area (TPSA) is 72.0 Å². The third kappa shape index (κ3) is 2.41. The van der Waals surface area contributed by atoms with E-state index in [1.165, 1.54) is 0 Å². The number of anilines is 1. The van der Waals surface area contributed by atoms with Crippen LogP contribution in [0, 0.1) is 0 Å². The Kier molecular flexibility index (Phi) is 2.28. The molecule has 0 atom stereocenters. The van der Waals surface area contributed by atoms with Crippen LogP contribution in [0.4, 0.5) is 5.69 Å². The predicted octanol–water partition coefficient (Wildman–Crippen LogP) is 1.00. The lowest BCUT2D eigenvalue weighted by Gasteiger charge is -2.04. The Labute approximate surface area is 87.2 Å². The monoisotopic (exact) mass is 223 g/mol. The number of nitrogens with one attached hydrogen (secondary N) is 1. The van der Waals surface area contributed by atoms with Crippen molar-refractivity contribution in [2.75, 3.05) is 11.0 Å². The molecule has 5 nitrogen and oxygen atoms in total. The Morgan fingerprint density at radius 2 is 1.80 bits per heavy atom. The highest BCUT2D eigenvalue weighted by Crippen LogP contribution is 2.17. The molecule has 2 rings (SSSR count). The summed E-state index contributed by atoms with van der Waals surface area (Å²) in [5.74, 6) is 0. The molecule has 0 spiro atoms.